The highest BCUT2D eigenvalue weighted by molar-refractivity contribution is 6.29. The lowest BCUT2D eigenvalue weighted by atomic mass is 9.78. The molecule has 1 aromatic rings. The van der Waals surface area contributed by atoms with Crippen LogP contribution in [0.2, 0.25) is 5.15 Å². The summed E-state index contributed by atoms with van der Waals surface area (Å²) in [6.45, 7) is 3.96. The van der Waals surface area contributed by atoms with Gasteiger partial charge >= 0.3 is 0 Å². The summed E-state index contributed by atoms with van der Waals surface area (Å²) in [5, 5.41) is 12.6. The normalized spacial score (nSPS) is 25.8. The maximum absolute atomic E-state index is 12.3. The van der Waals surface area contributed by atoms with E-state index in [1.54, 1.807) is 13.0 Å². The van der Waals surface area contributed by atoms with E-state index in [0.717, 1.165) is 12.8 Å². The quantitative estimate of drug-likeness (QED) is 0.851. The number of carbonyl (C=O) groups is 1. The summed E-state index contributed by atoms with van der Waals surface area (Å²) in [5.41, 5.74) is 0.398. The van der Waals surface area contributed by atoms with E-state index in [-0.39, 0.29) is 5.91 Å². The molecule has 1 amide bonds. The van der Waals surface area contributed by atoms with E-state index in [2.05, 4.69) is 23.3 Å². The summed E-state index contributed by atoms with van der Waals surface area (Å²) in [7, 11) is 0. The highest BCUT2D eigenvalue weighted by Gasteiger charge is 2.35. The second-order valence-electron chi connectivity index (χ2n) is 5.65. The van der Waals surface area contributed by atoms with Crippen LogP contribution in [0.3, 0.4) is 0 Å². The minimum Gasteiger partial charge on any atom is -0.334 e. The Balaban J connectivity index is 2.16. The minimum absolute atomic E-state index is 0.256. The molecule has 0 saturated heterocycles. The molecule has 0 aromatic carbocycles. The van der Waals surface area contributed by atoms with Crippen LogP contribution in [0.1, 0.15) is 48.7 Å². The lowest BCUT2D eigenvalue weighted by Crippen LogP contribution is -2.49. The fourth-order valence-electron chi connectivity index (χ4n) is 2.57. The number of rotatable bonds is 2. The molecule has 1 saturated carbocycles. The molecule has 2 rings (SSSR count). The van der Waals surface area contributed by atoms with E-state index in [9.17, 15) is 10.1 Å². The van der Waals surface area contributed by atoms with Crippen molar-refractivity contribution in [3.05, 3.63) is 28.5 Å². The van der Waals surface area contributed by atoms with E-state index in [1.165, 1.54) is 6.07 Å². The molecule has 1 aromatic heterocycles. The first-order valence-electron chi connectivity index (χ1n) is 6.82. The van der Waals surface area contributed by atoms with Gasteiger partial charge in [0.2, 0.25) is 0 Å². The summed E-state index contributed by atoms with van der Waals surface area (Å²) in [4.78, 5) is 16.3. The average Bonchev–Trinajstić information content (AvgIpc) is 2.40. The Bertz CT molecular complexity index is 536. The number of hydrogen-bond acceptors (Lipinski definition) is 3. The number of pyridine rings is 1. The summed E-state index contributed by atoms with van der Waals surface area (Å²) in [6, 6.07) is 5.49. The number of nitriles is 1. The molecule has 0 atom stereocenters. The second kappa shape index (κ2) is 5.80. The van der Waals surface area contributed by atoms with E-state index >= 15 is 0 Å². The molecule has 4 nitrogen and oxygen atoms in total. The molecule has 0 spiro atoms. The van der Waals surface area contributed by atoms with Gasteiger partial charge in [-0.1, -0.05) is 18.5 Å². The Kier molecular flexibility index (Phi) is 4.29. The highest BCUT2D eigenvalue weighted by atomic mass is 35.5. The lowest BCUT2D eigenvalue weighted by Gasteiger charge is -2.34. The first kappa shape index (κ1) is 14.8. The third-order valence-corrected chi connectivity index (χ3v) is 4.07. The van der Waals surface area contributed by atoms with Crippen LogP contribution in [0.25, 0.3) is 0 Å². The number of aryl methyl sites for hydroxylation is 1. The van der Waals surface area contributed by atoms with Gasteiger partial charge in [0, 0.05) is 11.3 Å². The van der Waals surface area contributed by atoms with Gasteiger partial charge in [0.05, 0.1) is 6.07 Å². The van der Waals surface area contributed by atoms with Crippen molar-refractivity contribution in [3.63, 3.8) is 0 Å². The first-order chi connectivity index (χ1) is 9.44. The van der Waals surface area contributed by atoms with Gasteiger partial charge in [-0.15, -0.1) is 0 Å². The van der Waals surface area contributed by atoms with Crippen LogP contribution in [-0.2, 0) is 0 Å². The second-order valence-corrected chi connectivity index (χ2v) is 6.04. The van der Waals surface area contributed by atoms with Crippen molar-refractivity contribution in [2.45, 2.75) is 45.1 Å². The number of halogens is 1. The van der Waals surface area contributed by atoms with Crippen LogP contribution in [0.15, 0.2) is 12.1 Å². The van der Waals surface area contributed by atoms with Crippen molar-refractivity contribution in [2.75, 3.05) is 0 Å². The number of nitrogens with zero attached hydrogens (tertiary/aromatic N) is 2. The van der Waals surface area contributed by atoms with Gasteiger partial charge in [0.1, 0.15) is 10.7 Å². The maximum atomic E-state index is 12.3. The molecule has 20 heavy (non-hydrogen) atoms. The molecule has 0 aliphatic heterocycles. The van der Waals surface area contributed by atoms with Crippen molar-refractivity contribution in [2.24, 2.45) is 5.92 Å². The zero-order valence-corrected chi connectivity index (χ0v) is 12.5. The Morgan fingerprint density at radius 3 is 2.70 bits per heavy atom. The summed E-state index contributed by atoms with van der Waals surface area (Å²) in [5.74, 6) is 0.361. The highest BCUT2D eigenvalue weighted by Crippen LogP contribution is 2.31. The summed E-state index contributed by atoms with van der Waals surface area (Å²) in [6.07, 6.45) is 3.33. The van der Waals surface area contributed by atoms with Crippen LogP contribution in [0, 0.1) is 24.2 Å². The third-order valence-electron chi connectivity index (χ3n) is 3.88. The van der Waals surface area contributed by atoms with Gasteiger partial charge in [-0.05, 0) is 50.7 Å². The van der Waals surface area contributed by atoms with Crippen molar-refractivity contribution >= 4 is 17.5 Å². The zero-order chi connectivity index (χ0) is 14.8. The largest absolute Gasteiger partial charge is 0.334 e. The van der Waals surface area contributed by atoms with Crippen molar-refractivity contribution in [1.29, 1.82) is 5.26 Å². The third kappa shape index (κ3) is 3.29. The summed E-state index contributed by atoms with van der Waals surface area (Å²) < 4.78 is 0. The summed E-state index contributed by atoms with van der Waals surface area (Å²) >= 11 is 5.87. The van der Waals surface area contributed by atoms with Crippen molar-refractivity contribution in [3.8, 4) is 6.07 Å². The van der Waals surface area contributed by atoms with Crippen LogP contribution in [0.5, 0.6) is 0 Å². The molecule has 1 aliphatic carbocycles. The standard InChI is InChI=1S/C15H18ClN3O/c1-10-3-5-15(9-17,6-4-10)19-14(20)12-7-11(2)18-13(16)8-12/h7-8,10H,3-6H2,1-2H3,(H,19,20). The van der Waals surface area contributed by atoms with Crippen molar-refractivity contribution < 1.29 is 4.79 Å². The van der Waals surface area contributed by atoms with Gasteiger partial charge in [-0.2, -0.15) is 5.26 Å². The van der Waals surface area contributed by atoms with Gasteiger partial charge in [-0.25, -0.2) is 4.98 Å². The van der Waals surface area contributed by atoms with Crippen molar-refractivity contribution in [1.82, 2.24) is 10.3 Å². The van der Waals surface area contributed by atoms with Crippen LogP contribution in [-0.4, -0.2) is 16.4 Å². The van der Waals surface area contributed by atoms with Gasteiger partial charge in [0.15, 0.2) is 0 Å². The minimum atomic E-state index is -0.743. The van der Waals surface area contributed by atoms with E-state index in [0.29, 0.717) is 35.2 Å². The van der Waals surface area contributed by atoms with Gasteiger partial charge in [-0.3, -0.25) is 4.79 Å². The molecular formula is C15H18ClN3O. The maximum Gasteiger partial charge on any atom is 0.252 e. The van der Waals surface area contributed by atoms with Crippen LogP contribution in [0.4, 0.5) is 0 Å². The molecular weight excluding hydrogens is 274 g/mol. The van der Waals surface area contributed by atoms with E-state index < -0.39 is 5.54 Å². The number of nitrogens with one attached hydrogen (secondary N) is 1. The van der Waals surface area contributed by atoms with E-state index in [4.69, 9.17) is 11.6 Å². The number of aromatic nitrogens is 1. The Morgan fingerprint density at radius 1 is 1.50 bits per heavy atom. The molecule has 106 valence electrons. The topological polar surface area (TPSA) is 65.8 Å². The van der Waals surface area contributed by atoms with Gasteiger partial charge in [0.25, 0.3) is 5.91 Å². The SMILES string of the molecule is Cc1cc(C(=O)NC2(C#N)CCC(C)CC2)cc(Cl)n1. The zero-order valence-electron chi connectivity index (χ0n) is 11.7. The smallest absolute Gasteiger partial charge is 0.252 e. The molecule has 1 aliphatic rings. The fourth-order valence-corrected chi connectivity index (χ4v) is 2.82. The molecule has 1 N–H and O–H groups in total. The van der Waals surface area contributed by atoms with E-state index in [1.807, 2.05) is 0 Å². The van der Waals surface area contributed by atoms with Crippen LogP contribution >= 0.6 is 11.6 Å². The molecule has 1 fully saturated rings. The fraction of sp³-hybridized carbons (Fsp3) is 0.533. The Labute approximate surface area is 124 Å². The molecule has 0 radical (unpaired) electrons. The molecule has 0 bridgehead atoms. The van der Waals surface area contributed by atoms with Crippen LogP contribution < -0.4 is 5.32 Å². The Morgan fingerprint density at radius 2 is 2.15 bits per heavy atom. The molecule has 5 heteroatoms. The lowest BCUT2D eigenvalue weighted by molar-refractivity contribution is 0.0893. The molecule has 1 heterocycles. The first-order valence-corrected chi connectivity index (χ1v) is 7.20. The average molecular weight is 292 g/mol. The predicted octanol–water partition coefficient (Wildman–Crippen LogP) is 3.25. The number of amides is 1. The number of hydrogen-bond donors (Lipinski definition) is 1. The number of carbonyl (C=O) groups excluding carboxylic acids is 1. The molecule has 0 unspecified atom stereocenters. The predicted molar refractivity (Wildman–Crippen MR) is 77.4 cm³/mol. The Hall–Kier alpha value is -1.60. The van der Waals surface area contributed by atoms with Gasteiger partial charge < -0.3 is 5.32 Å². The monoisotopic (exact) mass is 291 g/mol.